The molecule has 0 radical (unpaired) electrons. The van der Waals surface area contributed by atoms with Gasteiger partial charge in [-0.15, -0.1) is 11.8 Å². The van der Waals surface area contributed by atoms with Crippen LogP contribution in [0.15, 0.2) is 59.5 Å². The lowest BCUT2D eigenvalue weighted by molar-refractivity contribution is -0.144. The Morgan fingerprint density at radius 3 is 2.48 bits per heavy atom. The monoisotopic (exact) mass is 413 g/mol. The van der Waals surface area contributed by atoms with E-state index in [1.54, 1.807) is 0 Å². The van der Waals surface area contributed by atoms with Gasteiger partial charge < -0.3 is 10.1 Å². The molecule has 0 spiro atoms. The van der Waals surface area contributed by atoms with Crippen LogP contribution in [0, 0.1) is 19.7 Å². The lowest BCUT2D eigenvalue weighted by Gasteiger charge is -2.07. The zero-order valence-corrected chi connectivity index (χ0v) is 16.8. The Hall–Kier alpha value is -3.13. The van der Waals surface area contributed by atoms with Crippen LogP contribution in [0.2, 0.25) is 0 Å². The highest BCUT2D eigenvalue weighted by atomic mass is 32.2. The van der Waals surface area contributed by atoms with Crippen molar-refractivity contribution in [3.05, 3.63) is 71.8 Å². The van der Waals surface area contributed by atoms with E-state index < -0.39 is 24.3 Å². The smallest absolute Gasteiger partial charge is 0.316 e. The number of rotatable bonds is 7. The molecule has 0 fully saturated rings. The third-order valence-corrected chi connectivity index (χ3v) is 5.31. The van der Waals surface area contributed by atoms with Crippen LogP contribution in [0.3, 0.4) is 0 Å². The van der Waals surface area contributed by atoms with Crippen LogP contribution >= 0.6 is 11.8 Å². The number of benzene rings is 2. The maximum atomic E-state index is 12.9. The summed E-state index contributed by atoms with van der Waals surface area (Å²) in [5.41, 5.74) is 3.13. The van der Waals surface area contributed by atoms with Gasteiger partial charge in [0.1, 0.15) is 5.82 Å². The van der Waals surface area contributed by atoms with Crippen molar-refractivity contribution in [3.8, 4) is 5.69 Å². The molecule has 1 heterocycles. The molecular weight excluding hydrogens is 393 g/mol. The Morgan fingerprint density at radius 2 is 1.79 bits per heavy atom. The van der Waals surface area contributed by atoms with Gasteiger partial charge in [-0.2, -0.15) is 5.10 Å². The molecule has 3 rings (SSSR count). The summed E-state index contributed by atoms with van der Waals surface area (Å²) in [6, 6.07) is 15.1. The molecule has 0 aliphatic rings. The summed E-state index contributed by atoms with van der Waals surface area (Å²) in [4.78, 5) is 24.8. The average molecular weight is 413 g/mol. The van der Waals surface area contributed by atoms with Crippen LogP contribution in [-0.2, 0) is 14.3 Å². The van der Waals surface area contributed by atoms with Crippen molar-refractivity contribution in [1.29, 1.82) is 0 Å². The van der Waals surface area contributed by atoms with Crippen LogP contribution in [0.25, 0.3) is 5.69 Å². The fourth-order valence-corrected chi connectivity index (χ4v) is 3.60. The lowest BCUT2D eigenvalue weighted by Crippen LogP contribution is -2.21. The molecule has 0 saturated heterocycles. The van der Waals surface area contributed by atoms with Crippen molar-refractivity contribution < 1.29 is 18.7 Å². The van der Waals surface area contributed by atoms with E-state index in [1.807, 2.05) is 48.9 Å². The van der Waals surface area contributed by atoms with Crippen molar-refractivity contribution in [1.82, 2.24) is 9.78 Å². The van der Waals surface area contributed by atoms with E-state index in [2.05, 4.69) is 10.4 Å². The van der Waals surface area contributed by atoms with Crippen LogP contribution < -0.4 is 5.32 Å². The van der Waals surface area contributed by atoms with Gasteiger partial charge in [-0.05, 0) is 50.2 Å². The molecule has 0 unspecified atom stereocenters. The van der Waals surface area contributed by atoms with Crippen molar-refractivity contribution in [3.63, 3.8) is 0 Å². The fraction of sp³-hybridized carbons (Fsp3) is 0.190. The summed E-state index contributed by atoms with van der Waals surface area (Å²) in [6.45, 7) is 3.42. The summed E-state index contributed by atoms with van der Waals surface area (Å²) in [6.07, 6.45) is 0. The van der Waals surface area contributed by atoms with Gasteiger partial charge in [0, 0.05) is 5.69 Å². The van der Waals surface area contributed by atoms with E-state index in [0.29, 0.717) is 5.69 Å². The minimum absolute atomic E-state index is 0.0615. The normalized spacial score (nSPS) is 10.6. The topological polar surface area (TPSA) is 73.2 Å². The molecule has 8 heteroatoms. The number of aromatic nitrogens is 2. The molecule has 0 aliphatic heterocycles. The Labute approximate surface area is 172 Å². The first kappa shape index (κ1) is 20.6. The molecule has 0 bridgehead atoms. The Kier molecular flexibility index (Phi) is 6.66. The van der Waals surface area contributed by atoms with Crippen LogP contribution in [-0.4, -0.2) is 34.0 Å². The third-order valence-electron chi connectivity index (χ3n) is 4.05. The maximum Gasteiger partial charge on any atom is 0.316 e. The van der Waals surface area contributed by atoms with E-state index in [1.165, 1.54) is 36.0 Å². The molecule has 1 N–H and O–H groups in total. The number of thioether (sulfide) groups is 1. The SMILES string of the molecule is Cc1nn(-c2ccccc2)c(C)c1SCC(=O)OCC(=O)Nc1ccc(F)cc1. The molecule has 0 saturated carbocycles. The van der Waals surface area contributed by atoms with Gasteiger partial charge in [-0.3, -0.25) is 9.59 Å². The maximum absolute atomic E-state index is 12.9. The van der Waals surface area contributed by atoms with Crippen LogP contribution in [0.4, 0.5) is 10.1 Å². The van der Waals surface area contributed by atoms with Crippen molar-refractivity contribution in [2.45, 2.75) is 18.7 Å². The second kappa shape index (κ2) is 9.38. The number of nitrogens with one attached hydrogen (secondary N) is 1. The second-order valence-corrected chi connectivity index (χ2v) is 7.24. The van der Waals surface area contributed by atoms with Gasteiger partial charge in [-0.25, -0.2) is 9.07 Å². The quantitative estimate of drug-likeness (QED) is 0.470. The van der Waals surface area contributed by atoms with E-state index in [-0.39, 0.29) is 5.75 Å². The van der Waals surface area contributed by atoms with Gasteiger partial charge in [-0.1, -0.05) is 18.2 Å². The number of para-hydroxylation sites is 1. The molecule has 2 aromatic carbocycles. The van der Waals surface area contributed by atoms with Crippen molar-refractivity contribution in [2.75, 3.05) is 17.7 Å². The lowest BCUT2D eigenvalue weighted by atomic mass is 10.3. The Morgan fingerprint density at radius 1 is 1.10 bits per heavy atom. The van der Waals surface area contributed by atoms with E-state index in [9.17, 15) is 14.0 Å². The summed E-state index contributed by atoms with van der Waals surface area (Å²) >= 11 is 1.32. The van der Waals surface area contributed by atoms with Crippen molar-refractivity contribution in [2.24, 2.45) is 0 Å². The predicted molar refractivity (Wildman–Crippen MR) is 110 cm³/mol. The van der Waals surface area contributed by atoms with Gasteiger partial charge >= 0.3 is 5.97 Å². The van der Waals surface area contributed by atoms with E-state index in [0.717, 1.165) is 22.0 Å². The molecule has 0 atom stereocenters. The number of nitrogens with zero attached hydrogens (tertiary/aromatic N) is 2. The highest BCUT2D eigenvalue weighted by Crippen LogP contribution is 2.27. The zero-order chi connectivity index (χ0) is 20.8. The number of anilines is 1. The number of hydrogen-bond donors (Lipinski definition) is 1. The van der Waals surface area contributed by atoms with Crippen molar-refractivity contribution >= 4 is 29.3 Å². The minimum Gasteiger partial charge on any atom is -0.455 e. The third kappa shape index (κ3) is 5.45. The largest absolute Gasteiger partial charge is 0.455 e. The summed E-state index contributed by atoms with van der Waals surface area (Å²) in [7, 11) is 0. The number of aryl methyl sites for hydroxylation is 1. The molecule has 3 aromatic rings. The molecule has 1 aromatic heterocycles. The molecule has 1 amide bonds. The first-order chi connectivity index (χ1) is 13.9. The zero-order valence-electron chi connectivity index (χ0n) is 16.0. The summed E-state index contributed by atoms with van der Waals surface area (Å²) < 4.78 is 19.7. The van der Waals surface area contributed by atoms with Gasteiger partial charge in [0.25, 0.3) is 5.91 Å². The first-order valence-electron chi connectivity index (χ1n) is 8.89. The number of halogens is 1. The number of hydrogen-bond acceptors (Lipinski definition) is 5. The number of esters is 1. The number of carbonyl (C=O) groups is 2. The van der Waals surface area contributed by atoms with Crippen LogP contribution in [0.5, 0.6) is 0 Å². The second-order valence-electron chi connectivity index (χ2n) is 6.25. The average Bonchev–Trinajstić information content (AvgIpc) is 3.01. The Bertz CT molecular complexity index is 1000. The summed E-state index contributed by atoms with van der Waals surface area (Å²) in [5.74, 6) is -1.33. The number of ether oxygens (including phenoxy) is 1. The van der Waals surface area contributed by atoms with Gasteiger partial charge in [0.2, 0.25) is 0 Å². The minimum atomic E-state index is -0.504. The predicted octanol–water partition coefficient (Wildman–Crippen LogP) is 3.90. The molecule has 0 aliphatic carbocycles. The number of amides is 1. The Balaban J connectivity index is 1.51. The van der Waals surface area contributed by atoms with Gasteiger partial charge in [0.05, 0.1) is 27.7 Å². The highest BCUT2D eigenvalue weighted by Gasteiger charge is 2.16. The van der Waals surface area contributed by atoms with Gasteiger partial charge in [0.15, 0.2) is 6.61 Å². The molecule has 29 heavy (non-hydrogen) atoms. The van der Waals surface area contributed by atoms with Crippen LogP contribution in [0.1, 0.15) is 11.4 Å². The number of carbonyl (C=O) groups excluding carboxylic acids is 2. The molecule has 6 nitrogen and oxygen atoms in total. The molecular formula is C21H20FN3O3S. The summed E-state index contributed by atoms with van der Waals surface area (Å²) in [5, 5.41) is 7.07. The highest BCUT2D eigenvalue weighted by molar-refractivity contribution is 8.00. The first-order valence-corrected chi connectivity index (χ1v) is 9.88. The fourth-order valence-electron chi connectivity index (χ4n) is 2.71. The van der Waals surface area contributed by atoms with E-state index in [4.69, 9.17) is 4.74 Å². The van der Waals surface area contributed by atoms with E-state index >= 15 is 0 Å². The standard InChI is InChI=1S/C21H20FN3O3S/c1-14-21(15(2)25(24-14)18-6-4-3-5-7-18)29-13-20(27)28-12-19(26)23-17-10-8-16(22)9-11-17/h3-11H,12-13H2,1-2H3,(H,23,26). The molecule has 150 valence electrons.